The normalized spacial score (nSPS) is 10.2. The molecule has 0 saturated carbocycles. The number of anilines is 1. The van der Waals surface area contributed by atoms with Crippen molar-refractivity contribution < 1.29 is 14.0 Å². The third kappa shape index (κ3) is 3.57. The topological polar surface area (TPSA) is 111 Å². The zero-order chi connectivity index (χ0) is 16.1. The molecule has 1 heterocycles. The number of nitrogens with zero attached hydrogens (tertiary/aromatic N) is 1. The van der Waals surface area contributed by atoms with Gasteiger partial charge in [-0.25, -0.2) is 9.37 Å². The first kappa shape index (κ1) is 15.4. The minimum atomic E-state index is -0.523. The quantitative estimate of drug-likeness (QED) is 0.767. The largest absolute Gasteiger partial charge is 0.384 e. The molecule has 114 valence electrons. The molecule has 0 spiro atoms. The van der Waals surface area contributed by atoms with Crippen LogP contribution in [-0.2, 0) is 4.79 Å². The van der Waals surface area contributed by atoms with E-state index < -0.39 is 17.6 Å². The summed E-state index contributed by atoms with van der Waals surface area (Å²) in [6.45, 7) is 0.0925. The number of carbonyl (C=O) groups is 2. The van der Waals surface area contributed by atoms with E-state index in [4.69, 9.17) is 11.5 Å². The Balaban J connectivity index is 2.34. The fourth-order valence-corrected chi connectivity index (χ4v) is 1.91. The van der Waals surface area contributed by atoms with Crippen LogP contribution in [-0.4, -0.2) is 23.3 Å². The molecule has 0 unspecified atom stereocenters. The fourth-order valence-electron chi connectivity index (χ4n) is 1.91. The number of aromatic nitrogens is 1. The number of rotatable bonds is 5. The highest BCUT2D eigenvalue weighted by atomic mass is 19.1. The Kier molecular flexibility index (Phi) is 4.67. The van der Waals surface area contributed by atoms with E-state index in [1.807, 2.05) is 0 Å². The molecule has 1 aromatic heterocycles. The highest BCUT2D eigenvalue weighted by Crippen LogP contribution is 2.25. The lowest BCUT2D eigenvalue weighted by Gasteiger charge is -2.10. The molecule has 0 aliphatic rings. The van der Waals surface area contributed by atoms with Crippen LogP contribution in [0.4, 0.5) is 10.2 Å². The van der Waals surface area contributed by atoms with Crippen molar-refractivity contribution in [3.8, 4) is 11.3 Å². The van der Waals surface area contributed by atoms with Crippen molar-refractivity contribution in [3.63, 3.8) is 0 Å². The van der Waals surface area contributed by atoms with Gasteiger partial charge in [0.15, 0.2) is 0 Å². The van der Waals surface area contributed by atoms with Crippen molar-refractivity contribution in [2.75, 3.05) is 12.3 Å². The average Bonchev–Trinajstić information content (AvgIpc) is 2.47. The zero-order valence-corrected chi connectivity index (χ0v) is 11.7. The Labute approximate surface area is 126 Å². The average molecular weight is 302 g/mol. The second-order valence-electron chi connectivity index (χ2n) is 4.58. The minimum absolute atomic E-state index is 0.0170. The predicted octanol–water partition coefficient (Wildman–Crippen LogP) is 1.08. The first-order valence-corrected chi connectivity index (χ1v) is 6.57. The lowest BCUT2D eigenvalue weighted by molar-refractivity contribution is -0.117. The van der Waals surface area contributed by atoms with Crippen molar-refractivity contribution >= 4 is 17.6 Å². The van der Waals surface area contributed by atoms with Crippen LogP contribution in [0.25, 0.3) is 11.3 Å². The fraction of sp³-hybridized carbons (Fsp3) is 0.133. The highest BCUT2D eigenvalue weighted by molar-refractivity contribution is 6.00. The monoisotopic (exact) mass is 302 g/mol. The Bertz CT molecular complexity index is 718. The summed E-state index contributed by atoms with van der Waals surface area (Å²) in [4.78, 5) is 26.9. The Hall–Kier alpha value is -2.96. The molecule has 0 saturated heterocycles. The first-order chi connectivity index (χ1) is 10.5. The van der Waals surface area contributed by atoms with Crippen LogP contribution in [0.1, 0.15) is 16.8 Å². The van der Waals surface area contributed by atoms with Gasteiger partial charge in [0, 0.05) is 18.5 Å². The van der Waals surface area contributed by atoms with Crippen molar-refractivity contribution in [1.29, 1.82) is 0 Å². The van der Waals surface area contributed by atoms with E-state index in [1.165, 1.54) is 30.3 Å². The lowest BCUT2D eigenvalue weighted by Crippen LogP contribution is -2.28. The molecule has 0 aliphatic heterocycles. The number of nitrogens with two attached hydrogens (primary N) is 2. The van der Waals surface area contributed by atoms with Crippen LogP contribution in [0, 0.1) is 5.82 Å². The van der Waals surface area contributed by atoms with Gasteiger partial charge in [-0.05, 0) is 24.3 Å². The number of hydrogen-bond acceptors (Lipinski definition) is 4. The van der Waals surface area contributed by atoms with Gasteiger partial charge in [-0.1, -0.05) is 12.1 Å². The van der Waals surface area contributed by atoms with Crippen LogP contribution in [0.5, 0.6) is 0 Å². The smallest absolute Gasteiger partial charge is 0.253 e. The molecule has 2 aromatic rings. The standard InChI is InChI=1S/C15H15FN4O2/c16-11-4-2-1-3-9(11)14-10(5-6-12(17)20-14)15(22)19-8-7-13(18)21/h1-6H,7-8H2,(H2,17,20)(H2,18,21)(H,19,22). The lowest BCUT2D eigenvalue weighted by atomic mass is 10.0. The molecule has 6 nitrogen and oxygen atoms in total. The maximum atomic E-state index is 13.9. The van der Waals surface area contributed by atoms with Crippen LogP contribution >= 0.6 is 0 Å². The van der Waals surface area contributed by atoms with Gasteiger partial charge in [-0.3, -0.25) is 9.59 Å². The summed E-state index contributed by atoms with van der Waals surface area (Å²) in [6, 6.07) is 8.87. The van der Waals surface area contributed by atoms with E-state index in [0.29, 0.717) is 0 Å². The first-order valence-electron chi connectivity index (χ1n) is 6.57. The van der Waals surface area contributed by atoms with Crippen LogP contribution in [0.3, 0.4) is 0 Å². The number of hydrogen-bond donors (Lipinski definition) is 3. The number of nitrogens with one attached hydrogen (secondary N) is 1. The second kappa shape index (κ2) is 6.66. The van der Waals surface area contributed by atoms with E-state index in [-0.39, 0.29) is 35.6 Å². The molecule has 0 atom stereocenters. The van der Waals surface area contributed by atoms with Gasteiger partial charge in [-0.15, -0.1) is 0 Å². The number of carbonyl (C=O) groups excluding carboxylic acids is 2. The van der Waals surface area contributed by atoms with Crippen molar-refractivity contribution in [1.82, 2.24) is 10.3 Å². The number of benzene rings is 1. The van der Waals surface area contributed by atoms with Crippen LogP contribution in [0.2, 0.25) is 0 Å². The zero-order valence-electron chi connectivity index (χ0n) is 11.7. The summed E-state index contributed by atoms with van der Waals surface area (Å²) in [5.74, 6) is -1.34. The van der Waals surface area contributed by atoms with Gasteiger partial charge in [0.25, 0.3) is 5.91 Å². The van der Waals surface area contributed by atoms with Gasteiger partial charge >= 0.3 is 0 Å². The van der Waals surface area contributed by atoms with Gasteiger partial charge in [-0.2, -0.15) is 0 Å². The minimum Gasteiger partial charge on any atom is -0.384 e. The van der Waals surface area contributed by atoms with Gasteiger partial charge in [0.1, 0.15) is 11.6 Å². The maximum absolute atomic E-state index is 13.9. The molecule has 0 bridgehead atoms. The third-order valence-electron chi connectivity index (χ3n) is 2.95. The summed E-state index contributed by atoms with van der Waals surface area (Å²) < 4.78 is 13.9. The maximum Gasteiger partial charge on any atom is 0.253 e. The summed E-state index contributed by atoms with van der Waals surface area (Å²) in [5, 5.41) is 2.54. The number of pyridine rings is 1. The van der Waals surface area contributed by atoms with Crippen LogP contribution in [0.15, 0.2) is 36.4 Å². The van der Waals surface area contributed by atoms with E-state index in [2.05, 4.69) is 10.3 Å². The molecule has 0 fully saturated rings. The van der Waals surface area contributed by atoms with Gasteiger partial charge in [0.2, 0.25) is 5.91 Å². The van der Waals surface area contributed by atoms with E-state index in [1.54, 1.807) is 6.07 Å². The third-order valence-corrected chi connectivity index (χ3v) is 2.95. The van der Waals surface area contributed by atoms with Gasteiger partial charge in [0.05, 0.1) is 11.3 Å². The number of primary amides is 1. The van der Waals surface area contributed by atoms with Crippen molar-refractivity contribution in [3.05, 3.63) is 47.8 Å². The molecule has 0 radical (unpaired) electrons. The summed E-state index contributed by atoms with van der Waals surface area (Å²) >= 11 is 0. The van der Waals surface area contributed by atoms with Gasteiger partial charge < -0.3 is 16.8 Å². The molecular weight excluding hydrogens is 287 g/mol. The number of nitrogen functional groups attached to an aromatic ring is 1. The molecule has 22 heavy (non-hydrogen) atoms. The summed E-state index contributed by atoms with van der Waals surface area (Å²) in [6.07, 6.45) is 0.0170. The Morgan fingerprint density at radius 1 is 1.18 bits per heavy atom. The molecule has 5 N–H and O–H groups in total. The molecule has 2 amide bonds. The Morgan fingerprint density at radius 2 is 1.91 bits per heavy atom. The molecule has 7 heteroatoms. The molecule has 1 aromatic carbocycles. The van der Waals surface area contributed by atoms with E-state index in [0.717, 1.165) is 0 Å². The molecular formula is C15H15FN4O2. The second-order valence-corrected chi connectivity index (χ2v) is 4.58. The Morgan fingerprint density at radius 3 is 2.59 bits per heavy atom. The summed E-state index contributed by atoms with van der Waals surface area (Å²) in [5.41, 5.74) is 11.1. The van der Waals surface area contributed by atoms with E-state index in [9.17, 15) is 14.0 Å². The number of halogens is 1. The number of amides is 2. The summed E-state index contributed by atoms with van der Waals surface area (Å²) in [7, 11) is 0. The molecule has 0 aliphatic carbocycles. The highest BCUT2D eigenvalue weighted by Gasteiger charge is 2.17. The van der Waals surface area contributed by atoms with Crippen molar-refractivity contribution in [2.24, 2.45) is 5.73 Å². The predicted molar refractivity (Wildman–Crippen MR) is 80.2 cm³/mol. The van der Waals surface area contributed by atoms with E-state index >= 15 is 0 Å². The van der Waals surface area contributed by atoms with Crippen LogP contribution < -0.4 is 16.8 Å². The van der Waals surface area contributed by atoms with Crippen molar-refractivity contribution in [2.45, 2.75) is 6.42 Å². The SMILES string of the molecule is NC(=O)CCNC(=O)c1ccc(N)nc1-c1ccccc1F. The molecule has 2 rings (SSSR count).